The van der Waals surface area contributed by atoms with E-state index in [9.17, 15) is 27.9 Å². The van der Waals surface area contributed by atoms with Crippen LogP contribution in [0.2, 0.25) is 0 Å². The van der Waals surface area contributed by atoms with Crippen molar-refractivity contribution in [3.05, 3.63) is 77.8 Å². The normalized spacial score (nSPS) is 17.7. The third-order valence-electron chi connectivity index (χ3n) is 8.05. The number of hydrogen-bond acceptors (Lipinski definition) is 9. The number of nitrogens with one attached hydrogen (secondary N) is 1. The molecule has 3 aromatic heterocycles. The van der Waals surface area contributed by atoms with Crippen LogP contribution in [0, 0.1) is 12.8 Å². The zero-order valence-electron chi connectivity index (χ0n) is 26.5. The van der Waals surface area contributed by atoms with Crippen LogP contribution in [-0.2, 0) is 25.9 Å². The van der Waals surface area contributed by atoms with Gasteiger partial charge in [-0.05, 0) is 88.8 Å². The Labute approximate surface area is 271 Å². The summed E-state index contributed by atoms with van der Waals surface area (Å²) in [6.45, 7) is 6.62. The van der Waals surface area contributed by atoms with Crippen LogP contribution in [0.15, 0.2) is 59.9 Å². The van der Waals surface area contributed by atoms with Crippen LogP contribution in [0.4, 0.5) is 21.0 Å². The van der Waals surface area contributed by atoms with Crippen LogP contribution < -0.4 is 10.2 Å². The Balaban J connectivity index is 1.27. The number of Topliss-reactive ketones (excluding diaryl/α,β-unsaturated/α-hetero) is 1. The van der Waals surface area contributed by atoms with Crippen molar-refractivity contribution in [2.75, 3.05) is 16.0 Å². The van der Waals surface area contributed by atoms with Crippen LogP contribution in [0.5, 0.6) is 0 Å². The summed E-state index contributed by atoms with van der Waals surface area (Å²) >= 11 is 0. The Morgan fingerprint density at radius 1 is 1.09 bits per heavy atom. The van der Waals surface area contributed by atoms with E-state index >= 15 is 0 Å². The number of carbonyl (C=O) groups is 3. The van der Waals surface area contributed by atoms with E-state index < -0.39 is 45.1 Å². The summed E-state index contributed by atoms with van der Waals surface area (Å²) in [4.78, 5) is 52.2. The van der Waals surface area contributed by atoms with Gasteiger partial charge in [-0.3, -0.25) is 15.0 Å². The number of pyridine rings is 1. The molecule has 0 unspecified atom stereocenters. The van der Waals surface area contributed by atoms with Crippen LogP contribution >= 0.6 is 0 Å². The molecule has 47 heavy (non-hydrogen) atoms. The number of fused-ring (bicyclic) bond motifs is 1. The van der Waals surface area contributed by atoms with E-state index in [0.717, 1.165) is 23.4 Å². The maximum atomic E-state index is 13.7. The highest BCUT2D eigenvalue weighted by Gasteiger charge is 2.47. The Morgan fingerprint density at radius 2 is 1.85 bits per heavy atom. The van der Waals surface area contributed by atoms with Gasteiger partial charge in [0.15, 0.2) is 15.6 Å². The van der Waals surface area contributed by atoms with Gasteiger partial charge in [-0.1, -0.05) is 6.07 Å². The number of hydrogen-bond donors (Lipinski definition) is 2. The number of nitrogens with zero attached hydrogens (tertiary/aromatic N) is 5. The molecule has 2 aliphatic carbocycles. The molecule has 13 nitrogen and oxygen atoms in total. The van der Waals surface area contributed by atoms with E-state index in [2.05, 4.69) is 20.3 Å². The Kier molecular flexibility index (Phi) is 8.24. The number of rotatable bonds is 10. The summed E-state index contributed by atoms with van der Waals surface area (Å²) in [5, 5.41) is 12.6. The number of aromatic nitrogens is 4. The smallest absolute Gasteiger partial charge is 0.412 e. The molecule has 2 amide bonds. The molecule has 2 atom stereocenters. The minimum absolute atomic E-state index is 0.0865. The molecule has 14 heteroatoms. The average molecular weight is 661 g/mol. The van der Waals surface area contributed by atoms with Gasteiger partial charge in [-0.15, -0.1) is 0 Å². The van der Waals surface area contributed by atoms with Crippen molar-refractivity contribution >= 4 is 44.8 Å². The van der Waals surface area contributed by atoms with Crippen molar-refractivity contribution in [1.82, 2.24) is 19.4 Å². The molecule has 0 radical (unpaired) electrons. The lowest BCUT2D eigenvalue weighted by atomic mass is 10.2. The fourth-order valence-corrected chi connectivity index (χ4v) is 7.02. The summed E-state index contributed by atoms with van der Waals surface area (Å²) in [5.74, 6) is -1.06. The van der Waals surface area contributed by atoms with Crippen molar-refractivity contribution in [3.63, 3.8) is 0 Å². The molecule has 1 aromatic carbocycles. The zero-order chi connectivity index (χ0) is 33.7. The number of amides is 2. The molecule has 0 aliphatic heterocycles. The number of ketones is 1. The summed E-state index contributed by atoms with van der Waals surface area (Å²) in [5.41, 5.74) is 2.06. The highest BCUT2D eigenvalue weighted by Crippen LogP contribution is 2.47. The van der Waals surface area contributed by atoms with Crippen molar-refractivity contribution in [2.24, 2.45) is 5.92 Å². The highest BCUT2D eigenvalue weighted by atomic mass is 32.2. The van der Waals surface area contributed by atoms with Crippen LogP contribution in [-0.4, -0.2) is 62.2 Å². The maximum Gasteiger partial charge on any atom is 0.412 e. The lowest BCUT2D eigenvalue weighted by Crippen LogP contribution is -2.30. The first-order valence-corrected chi connectivity index (χ1v) is 17.0. The van der Waals surface area contributed by atoms with E-state index in [4.69, 9.17) is 4.74 Å². The van der Waals surface area contributed by atoms with Gasteiger partial charge in [0.25, 0.3) is 0 Å². The molecular weight excluding hydrogens is 624 g/mol. The number of sulfone groups is 1. The average Bonchev–Trinajstić information content (AvgIpc) is 3.90. The van der Waals surface area contributed by atoms with Gasteiger partial charge >= 0.3 is 12.2 Å². The monoisotopic (exact) mass is 660 g/mol. The van der Waals surface area contributed by atoms with Gasteiger partial charge < -0.3 is 14.2 Å². The number of anilines is 2. The number of carboxylic acid groups (broad SMARTS) is 1. The Hall–Kier alpha value is -4.85. The number of benzene rings is 1. The molecule has 0 spiro atoms. The first-order valence-electron chi connectivity index (χ1n) is 15.3. The molecule has 246 valence electrons. The van der Waals surface area contributed by atoms with Crippen molar-refractivity contribution < 1.29 is 32.6 Å². The van der Waals surface area contributed by atoms with E-state index in [0.29, 0.717) is 29.5 Å². The summed E-state index contributed by atoms with van der Waals surface area (Å²) in [6.07, 6.45) is 5.83. The minimum atomic E-state index is -4.29. The molecule has 0 bridgehead atoms. The molecule has 3 heterocycles. The van der Waals surface area contributed by atoms with Crippen LogP contribution in [0.1, 0.15) is 74.6 Å². The first-order chi connectivity index (χ1) is 22.2. The largest absolute Gasteiger partial charge is 0.465 e. The van der Waals surface area contributed by atoms with Gasteiger partial charge in [0.05, 0.1) is 22.8 Å². The lowest BCUT2D eigenvalue weighted by molar-refractivity contribution is -0.117. The molecular formula is C33H36N6O7S. The van der Waals surface area contributed by atoms with Gasteiger partial charge in [0.1, 0.15) is 22.8 Å². The van der Waals surface area contributed by atoms with Gasteiger partial charge in [-0.2, -0.15) is 0 Å². The second-order valence-electron chi connectivity index (χ2n) is 13.1. The zero-order valence-corrected chi connectivity index (χ0v) is 27.3. The molecule has 2 fully saturated rings. The molecule has 0 saturated heterocycles. The molecule has 2 N–H and O–H groups in total. The molecule has 2 aliphatic rings. The number of carbonyl (C=O) groups excluding carboxylic acids is 2. The molecule has 4 aromatic rings. The fourth-order valence-electron chi connectivity index (χ4n) is 5.55. The van der Waals surface area contributed by atoms with E-state index in [1.807, 2.05) is 29.7 Å². The number of imidazole rings is 1. The van der Waals surface area contributed by atoms with Gasteiger partial charge in [-0.25, -0.2) is 33.0 Å². The van der Waals surface area contributed by atoms with Crippen molar-refractivity contribution in [3.8, 4) is 0 Å². The SMILES string of the molecule is Cc1ccnc([C@H]2C[C@@H]2C(=O)CS(=O)(=O)c2ccc(N(Cc3cn4cc(C5CC5)ccc4n3)C(=O)O)cc2NC(=O)OC(C)(C)C)n1. The second-order valence-corrected chi connectivity index (χ2v) is 15.1. The van der Waals surface area contributed by atoms with Crippen LogP contribution in [0.25, 0.3) is 5.65 Å². The third kappa shape index (κ3) is 7.43. The highest BCUT2D eigenvalue weighted by molar-refractivity contribution is 7.92. The quantitative estimate of drug-likeness (QED) is 0.221. The maximum absolute atomic E-state index is 13.7. The van der Waals surface area contributed by atoms with E-state index in [-0.39, 0.29) is 28.7 Å². The van der Waals surface area contributed by atoms with Crippen molar-refractivity contribution in [1.29, 1.82) is 0 Å². The minimum Gasteiger partial charge on any atom is -0.465 e. The number of ether oxygens (including phenoxy) is 1. The number of aryl methyl sites for hydroxylation is 1. The predicted octanol–water partition coefficient (Wildman–Crippen LogP) is 5.49. The standard InChI is InChI=1S/C33H36N6O7S/c1-19-11-12-34-30(35-19)25-14-24(25)27(40)18-47(44,45)28-9-8-23(13-26(28)37-31(41)46-33(2,3)4)39(32(42)43)17-22-16-38-15-21(20-5-6-20)7-10-29(38)36-22/h7-13,15-16,20,24-25H,5-6,14,17-18H2,1-4H3,(H,37,41)(H,42,43)/t24-,25-/m0/s1. The predicted molar refractivity (Wildman–Crippen MR) is 172 cm³/mol. The Bertz CT molecular complexity index is 2000. The Morgan fingerprint density at radius 3 is 2.53 bits per heavy atom. The summed E-state index contributed by atoms with van der Waals surface area (Å²) in [7, 11) is -4.29. The third-order valence-corrected chi connectivity index (χ3v) is 9.74. The fraction of sp³-hybridized carbons (Fsp3) is 0.394. The lowest BCUT2D eigenvalue weighted by Gasteiger charge is -2.22. The summed E-state index contributed by atoms with van der Waals surface area (Å²) < 4.78 is 34.5. The van der Waals surface area contributed by atoms with Crippen LogP contribution in [0.3, 0.4) is 0 Å². The van der Waals surface area contributed by atoms with Crippen molar-refractivity contribution in [2.45, 2.75) is 75.8 Å². The summed E-state index contributed by atoms with van der Waals surface area (Å²) in [6, 6.07) is 9.43. The van der Waals surface area contributed by atoms with E-state index in [1.54, 1.807) is 39.2 Å². The second kappa shape index (κ2) is 12.1. The van der Waals surface area contributed by atoms with Gasteiger partial charge in [0, 0.05) is 41.8 Å². The molecule has 2 saturated carbocycles. The van der Waals surface area contributed by atoms with Gasteiger partial charge in [0.2, 0.25) is 0 Å². The molecule has 6 rings (SSSR count). The first kappa shape index (κ1) is 32.1. The van der Waals surface area contributed by atoms with E-state index in [1.165, 1.54) is 23.8 Å². The topological polar surface area (TPSA) is 173 Å².